The summed E-state index contributed by atoms with van der Waals surface area (Å²) >= 11 is 1.78. The monoisotopic (exact) mass is 370 g/mol. The highest BCUT2D eigenvalue weighted by Gasteiger charge is 2.24. The van der Waals surface area contributed by atoms with Gasteiger partial charge in [-0.05, 0) is 35.7 Å². The van der Waals surface area contributed by atoms with E-state index >= 15 is 0 Å². The molecule has 0 radical (unpaired) electrons. The standard InChI is InChI=1S/C19H22N4O2S/c24-18(15-3-5-16(6-4-15)23-8-7-20-19(23)25)22-11-9-21(10-12-22)14-17-2-1-13-26-17/h1-6,13H,7-12,14H2,(H,20,25). The Labute approximate surface area is 157 Å². The van der Waals surface area contributed by atoms with Crippen LogP contribution in [-0.2, 0) is 6.54 Å². The number of piperazine rings is 1. The minimum absolute atomic E-state index is 0.0678. The number of hydrogen-bond donors (Lipinski definition) is 1. The molecule has 2 saturated heterocycles. The number of rotatable bonds is 4. The van der Waals surface area contributed by atoms with Gasteiger partial charge in [-0.2, -0.15) is 0 Å². The zero-order chi connectivity index (χ0) is 17.9. The van der Waals surface area contributed by atoms with Gasteiger partial charge in [-0.1, -0.05) is 6.07 Å². The lowest BCUT2D eigenvalue weighted by Gasteiger charge is -2.34. The average Bonchev–Trinajstić information content (AvgIpc) is 3.34. The number of carbonyl (C=O) groups excluding carboxylic acids is 2. The maximum Gasteiger partial charge on any atom is 0.321 e. The quantitative estimate of drug-likeness (QED) is 0.898. The van der Waals surface area contributed by atoms with Gasteiger partial charge in [-0.15, -0.1) is 11.3 Å². The van der Waals surface area contributed by atoms with Gasteiger partial charge in [-0.25, -0.2) is 4.79 Å². The lowest BCUT2D eigenvalue weighted by molar-refractivity contribution is 0.0629. The van der Waals surface area contributed by atoms with Gasteiger partial charge in [0.1, 0.15) is 0 Å². The molecule has 2 fully saturated rings. The molecule has 0 atom stereocenters. The molecular formula is C19H22N4O2S. The lowest BCUT2D eigenvalue weighted by Crippen LogP contribution is -2.48. The molecule has 0 aliphatic carbocycles. The predicted octanol–water partition coefficient (Wildman–Crippen LogP) is 2.24. The van der Waals surface area contributed by atoms with Crippen LogP contribution in [0.2, 0.25) is 0 Å². The average molecular weight is 370 g/mol. The molecule has 7 heteroatoms. The Kier molecular flexibility index (Phi) is 4.90. The van der Waals surface area contributed by atoms with E-state index in [4.69, 9.17) is 0 Å². The third-order valence-corrected chi connectivity index (χ3v) is 5.76. The first kappa shape index (κ1) is 17.1. The zero-order valence-corrected chi connectivity index (χ0v) is 15.4. The van der Waals surface area contributed by atoms with Crippen LogP contribution in [0.1, 0.15) is 15.2 Å². The van der Waals surface area contributed by atoms with Gasteiger partial charge >= 0.3 is 6.03 Å². The molecule has 136 valence electrons. The molecule has 2 aromatic rings. The van der Waals surface area contributed by atoms with E-state index in [1.807, 2.05) is 29.2 Å². The number of carbonyl (C=O) groups is 2. The van der Waals surface area contributed by atoms with E-state index in [-0.39, 0.29) is 11.9 Å². The summed E-state index contributed by atoms with van der Waals surface area (Å²) in [5, 5.41) is 4.89. The summed E-state index contributed by atoms with van der Waals surface area (Å²) in [4.78, 5) is 31.8. The number of benzene rings is 1. The first-order valence-corrected chi connectivity index (χ1v) is 9.78. The largest absolute Gasteiger partial charge is 0.336 e. The van der Waals surface area contributed by atoms with Crippen LogP contribution in [0, 0.1) is 0 Å². The van der Waals surface area contributed by atoms with E-state index in [9.17, 15) is 9.59 Å². The zero-order valence-electron chi connectivity index (χ0n) is 14.6. The molecule has 2 aliphatic heterocycles. The van der Waals surface area contributed by atoms with E-state index in [1.54, 1.807) is 16.2 Å². The van der Waals surface area contributed by atoms with Crippen LogP contribution in [0.25, 0.3) is 0 Å². The van der Waals surface area contributed by atoms with Crippen molar-refractivity contribution in [1.82, 2.24) is 15.1 Å². The van der Waals surface area contributed by atoms with Crippen LogP contribution in [-0.4, -0.2) is 61.0 Å². The molecule has 3 heterocycles. The van der Waals surface area contributed by atoms with Gasteiger partial charge < -0.3 is 10.2 Å². The molecule has 26 heavy (non-hydrogen) atoms. The Morgan fingerprint density at radius 1 is 1.04 bits per heavy atom. The minimum Gasteiger partial charge on any atom is -0.336 e. The molecule has 1 aromatic heterocycles. The van der Waals surface area contributed by atoms with E-state index in [1.165, 1.54) is 4.88 Å². The Hall–Kier alpha value is -2.38. The molecular weight excluding hydrogens is 348 g/mol. The fourth-order valence-electron chi connectivity index (χ4n) is 3.42. The Morgan fingerprint density at radius 2 is 1.81 bits per heavy atom. The molecule has 1 N–H and O–H groups in total. The number of thiophene rings is 1. The third kappa shape index (κ3) is 3.59. The number of anilines is 1. The van der Waals surface area contributed by atoms with E-state index < -0.39 is 0 Å². The van der Waals surface area contributed by atoms with Crippen molar-refractivity contribution in [3.8, 4) is 0 Å². The van der Waals surface area contributed by atoms with Crippen LogP contribution in [0.3, 0.4) is 0 Å². The van der Waals surface area contributed by atoms with Crippen molar-refractivity contribution in [2.45, 2.75) is 6.54 Å². The SMILES string of the molecule is O=C(c1ccc(N2CCNC2=O)cc1)N1CCN(Cc2cccs2)CC1. The molecule has 4 rings (SSSR count). The Bertz CT molecular complexity index is 767. The summed E-state index contributed by atoms with van der Waals surface area (Å²) in [6.07, 6.45) is 0. The third-order valence-electron chi connectivity index (χ3n) is 4.90. The Balaban J connectivity index is 1.34. The number of nitrogens with zero attached hydrogens (tertiary/aromatic N) is 3. The van der Waals surface area contributed by atoms with Gasteiger partial charge in [0.15, 0.2) is 0 Å². The molecule has 2 aliphatic rings. The van der Waals surface area contributed by atoms with Crippen molar-refractivity contribution in [1.29, 1.82) is 0 Å². The maximum absolute atomic E-state index is 12.7. The van der Waals surface area contributed by atoms with Crippen molar-refractivity contribution in [2.24, 2.45) is 0 Å². The summed E-state index contributed by atoms with van der Waals surface area (Å²) < 4.78 is 0. The second-order valence-corrected chi connectivity index (χ2v) is 7.61. The molecule has 0 spiro atoms. The summed E-state index contributed by atoms with van der Waals surface area (Å²) in [6, 6.07) is 11.5. The predicted molar refractivity (Wildman–Crippen MR) is 103 cm³/mol. The number of nitrogens with one attached hydrogen (secondary N) is 1. The van der Waals surface area contributed by atoms with E-state index in [0.717, 1.165) is 38.4 Å². The van der Waals surface area contributed by atoms with Gasteiger partial charge in [0.25, 0.3) is 5.91 Å². The first-order valence-electron chi connectivity index (χ1n) is 8.90. The lowest BCUT2D eigenvalue weighted by atomic mass is 10.1. The van der Waals surface area contributed by atoms with Crippen LogP contribution in [0.4, 0.5) is 10.5 Å². The molecule has 0 bridgehead atoms. The van der Waals surface area contributed by atoms with Crippen molar-refractivity contribution in [3.05, 3.63) is 52.2 Å². The van der Waals surface area contributed by atoms with E-state index in [2.05, 4.69) is 27.7 Å². The van der Waals surface area contributed by atoms with Crippen LogP contribution >= 0.6 is 11.3 Å². The van der Waals surface area contributed by atoms with Crippen LogP contribution in [0.15, 0.2) is 41.8 Å². The fraction of sp³-hybridized carbons (Fsp3) is 0.368. The maximum atomic E-state index is 12.7. The highest BCUT2D eigenvalue weighted by Crippen LogP contribution is 2.19. The minimum atomic E-state index is -0.0778. The van der Waals surface area contributed by atoms with Crippen molar-refractivity contribution in [3.63, 3.8) is 0 Å². The molecule has 6 nitrogen and oxygen atoms in total. The fourth-order valence-corrected chi connectivity index (χ4v) is 4.16. The van der Waals surface area contributed by atoms with E-state index in [0.29, 0.717) is 18.7 Å². The van der Waals surface area contributed by atoms with Crippen molar-refractivity contribution < 1.29 is 9.59 Å². The molecule has 1 aromatic carbocycles. The van der Waals surface area contributed by atoms with Gasteiger partial charge in [0, 0.05) is 61.9 Å². The summed E-state index contributed by atoms with van der Waals surface area (Å²) in [5.41, 5.74) is 1.51. The van der Waals surface area contributed by atoms with Gasteiger partial charge in [0.2, 0.25) is 0 Å². The number of hydrogen-bond acceptors (Lipinski definition) is 4. The Morgan fingerprint density at radius 3 is 2.42 bits per heavy atom. The second kappa shape index (κ2) is 7.47. The normalized spacial score (nSPS) is 18.2. The highest BCUT2D eigenvalue weighted by molar-refractivity contribution is 7.09. The second-order valence-electron chi connectivity index (χ2n) is 6.58. The van der Waals surface area contributed by atoms with Gasteiger partial charge in [-0.3, -0.25) is 14.6 Å². The summed E-state index contributed by atoms with van der Waals surface area (Å²) in [5.74, 6) is 0.0678. The van der Waals surface area contributed by atoms with Crippen molar-refractivity contribution in [2.75, 3.05) is 44.2 Å². The number of urea groups is 1. The van der Waals surface area contributed by atoms with Crippen LogP contribution in [0.5, 0.6) is 0 Å². The molecule has 3 amide bonds. The highest BCUT2D eigenvalue weighted by atomic mass is 32.1. The number of amides is 3. The summed E-state index contributed by atoms with van der Waals surface area (Å²) in [6.45, 7) is 5.59. The molecule has 0 unspecified atom stereocenters. The topological polar surface area (TPSA) is 55.9 Å². The summed E-state index contributed by atoms with van der Waals surface area (Å²) in [7, 11) is 0. The smallest absolute Gasteiger partial charge is 0.321 e. The van der Waals surface area contributed by atoms with Crippen LogP contribution < -0.4 is 10.2 Å². The van der Waals surface area contributed by atoms with Crippen molar-refractivity contribution >= 4 is 29.0 Å². The molecule has 0 saturated carbocycles. The van der Waals surface area contributed by atoms with Gasteiger partial charge in [0.05, 0.1) is 0 Å². The first-order chi connectivity index (χ1) is 12.7.